The molecule has 6 heteroatoms. The maximum absolute atomic E-state index is 5.65. The Morgan fingerprint density at radius 2 is 1.81 bits per heavy atom. The first-order chi connectivity index (χ1) is 15.7. The third kappa shape index (κ3) is 4.05. The number of hydrogen-bond acceptors (Lipinski definition) is 6. The zero-order valence-electron chi connectivity index (χ0n) is 18.2. The van der Waals surface area contributed by atoms with E-state index in [0.717, 1.165) is 16.7 Å². The van der Waals surface area contributed by atoms with E-state index >= 15 is 0 Å². The van der Waals surface area contributed by atoms with Crippen LogP contribution in [0.4, 0.5) is 0 Å². The van der Waals surface area contributed by atoms with Gasteiger partial charge in [0.2, 0.25) is 5.82 Å². The first-order valence-corrected chi connectivity index (χ1v) is 10.8. The molecule has 0 saturated carbocycles. The molecule has 2 atom stereocenters. The molecule has 2 unspecified atom stereocenters. The van der Waals surface area contributed by atoms with Crippen LogP contribution in [0.1, 0.15) is 36.1 Å². The highest BCUT2D eigenvalue weighted by atomic mass is 16.7. The lowest BCUT2D eigenvalue weighted by molar-refractivity contribution is -0.0440. The van der Waals surface area contributed by atoms with Crippen LogP contribution in [-0.2, 0) is 14.2 Å². The molecule has 0 spiro atoms. The quantitative estimate of drug-likeness (QED) is 0.537. The molecule has 1 aliphatic heterocycles. The van der Waals surface area contributed by atoms with Crippen molar-refractivity contribution in [1.29, 1.82) is 0 Å². The highest BCUT2D eigenvalue weighted by Gasteiger charge is 2.35. The molecule has 2 aromatic carbocycles. The summed E-state index contributed by atoms with van der Waals surface area (Å²) in [6.07, 6.45) is 6.10. The number of nitrogens with zero attached hydrogens (tertiary/aromatic N) is 2. The van der Waals surface area contributed by atoms with Crippen molar-refractivity contribution in [2.24, 2.45) is 5.41 Å². The van der Waals surface area contributed by atoms with Crippen LogP contribution in [-0.4, -0.2) is 37.1 Å². The third-order valence-corrected chi connectivity index (χ3v) is 5.99. The predicted octanol–water partition coefficient (Wildman–Crippen LogP) is 5.17. The summed E-state index contributed by atoms with van der Waals surface area (Å²) in [7, 11) is 1.73. The molecule has 5 rings (SSSR count). The van der Waals surface area contributed by atoms with Crippen LogP contribution in [0.5, 0.6) is 0 Å². The van der Waals surface area contributed by atoms with Gasteiger partial charge in [-0.1, -0.05) is 78.8 Å². The standard InChI is InChI=1S/C26H26N2O4/c1-26(17-29-2)16-21(11-12-22(26)18-7-4-3-5-8-18)24-27-23(28-32-24)19-9-6-10-20(15-19)25-30-13-14-31-25/h3-12,15-16,22,25H,13-14,17H2,1-2H3. The first kappa shape index (κ1) is 20.8. The van der Waals surface area contributed by atoms with E-state index in [4.69, 9.17) is 18.7 Å². The van der Waals surface area contributed by atoms with Crippen molar-refractivity contribution in [2.75, 3.05) is 26.9 Å². The van der Waals surface area contributed by atoms with Gasteiger partial charge < -0.3 is 18.7 Å². The Balaban J connectivity index is 1.43. The molecule has 2 aliphatic rings. The lowest BCUT2D eigenvalue weighted by Gasteiger charge is -2.36. The van der Waals surface area contributed by atoms with Gasteiger partial charge in [0, 0.05) is 35.1 Å². The van der Waals surface area contributed by atoms with Crippen molar-refractivity contribution in [1.82, 2.24) is 10.1 Å². The first-order valence-electron chi connectivity index (χ1n) is 10.8. The molecular formula is C26H26N2O4. The molecule has 164 valence electrons. The molecule has 1 saturated heterocycles. The molecule has 0 N–H and O–H groups in total. The van der Waals surface area contributed by atoms with Crippen LogP contribution in [0.3, 0.4) is 0 Å². The van der Waals surface area contributed by atoms with Crippen molar-refractivity contribution in [3.05, 3.63) is 89.8 Å². The van der Waals surface area contributed by atoms with E-state index in [2.05, 4.69) is 59.6 Å². The van der Waals surface area contributed by atoms with Crippen molar-refractivity contribution >= 4 is 5.57 Å². The van der Waals surface area contributed by atoms with Gasteiger partial charge in [0.15, 0.2) is 6.29 Å². The minimum atomic E-state index is -0.338. The van der Waals surface area contributed by atoms with E-state index in [0.29, 0.717) is 31.5 Å². The highest BCUT2D eigenvalue weighted by molar-refractivity contribution is 5.72. The summed E-state index contributed by atoms with van der Waals surface area (Å²) in [6, 6.07) is 18.3. The Morgan fingerprint density at radius 3 is 2.59 bits per heavy atom. The summed E-state index contributed by atoms with van der Waals surface area (Å²) in [6.45, 7) is 3.97. The number of aromatic nitrogens is 2. The smallest absolute Gasteiger partial charge is 0.257 e. The number of hydrogen-bond donors (Lipinski definition) is 0. The molecule has 1 fully saturated rings. The van der Waals surface area contributed by atoms with E-state index in [9.17, 15) is 0 Å². The number of ether oxygens (including phenoxy) is 3. The molecule has 3 aromatic rings. The average Bonchev–Trinajstić information content (AvgIpc) is 3.52. The second kappa shape index (κ2) is 8.82. The molecule has 0 amide bonds. The largest absolute Gasteiger partial charge is 0.384 e. The summed E-state index contributed by atoms with van der Waals surface area (Å²) in [4.78, 5) is 4.68. The van der Waals surface area contributed by atoms with E-state index in [1.54, 1.807) is 7.11 Å². The lowest BCUT2D eigenvalue weighted by Crippen LogP contribution is -2.29. The fourth-order valence-electron chi connectivity index (χ4n) is 4.47. The summed E-state index contributed by atoms with van der Waals surface area (Å²) >= 11 is 0. The maximum atomic E-state index is 5.65. The van der Waals surface area contributed by atoms with Gasteiger partial charge in [0.25, 0.3) is 5.89 Å². The number of allylic oxidation sites excluding steroid dienone is 3. The monoisotopic (exact) mass is 430 g/mol. The van der Waals surface area contributed by atoms with E-state index in [-0.39, 0.29) is 17.6 Å². The molecule has 0 radical (unpaired) electrons. The summed E-state index contributed by atoms with van der Waals surface area (Å²) in [5.41, 5.74) is 3.71. The van der Waals surface area contributed by atoms with Gasteiger partial charge in [-0.05, 0) is 11.6 Å². The fraction of sp³-hybridized carbons (Fsp3) is 0.308. The van der Waals surface area contributed by atoms with Crippen molar-refractivity contribution < 1.29 is 18.7 Å². The molecule has 0 bridgehead atoms. The second-order valence-electron chi connectivity index (χ2n) is 8.41. The van der Waals surface area contributed by atoms with Crippen LogP contribution >= 0.6 is 0 Å². The van der Waals surface area contributed by atoms with Crippen molar-refractivity contribution in [3.8, 4) is 11.4 Å². The topological polar surface area (TPSA) is 66.6 Å². The van der Waals surface area contributed by atoms with Crippen LogP contribution in [0.2, 0.25) is 0 Å². The maximum Gasteiger partial charge on any atom is 0.257 e. The molecule has 1 aromatic heterocycles. The molecular weight excluding hydrogens is 404 g/mol. The van der Waals surface area contributed by atoms with E-state index in [1.807, 2.05) is 30.3 Å². The highest BCUT2D eigenvalue weighted by Crippen LogP contribution is 2.44. The van der Waals surface area contributed by atoms with Gasteiger partial charge in [-0.2, -0.15) is 4.98 Å². The van der Waals surface area contributed by atoms with Crippen LogP contribution in [0.15, 0.2) is 77.3 Å². The van der Waals surface area contributed by atoms with Gasteiger partial charge >= 0.3 is 0 Å². The van der Waals surface area contributed by atoms with Crippen molar-refractivity contribution in [2.45, 2.75) is 19.1 Å². The van der Waals surface area contributed by atoms with Gasteiger partial charge in [0.1, 0.15) is 0 Å². The zero-order valence-corrected chi connectivity index (χ0v) is 18.2. The molecule has 2 heterocycles. The summed E-state index contributed by atoms with van der Waals surface area (Å²) in [5, 5.41) is 4.23. The number of methoxy groups -OCH3 is 1. The van der Waals surface area contributed by atoms with Gasteiger partial charge in [-0.25, -0.2) is 0 Å². The normalized spacial score (nSPS) is 23.4. The Bertz CT molecular complexity index is 1130. The second-order valence-corrected chi connectivity index (χ2v) is 8.41. The summed E-state index contributed by atoms with van der Waals surface area (Å²) < 4.78 is 22.5. The molecule has 32 heavy (non-hydrogen) atoms. The minimum absolute atomic E-state index is 0.192. The number of rotatable bonds is 6. The molecule has 1 aliphatic carbocycles. The Labute approximate surface area is 187 Å². The van der Waals surface area contributed by atoms with E-state index in [1.165, 1.54) is 5.56 Å². The SMILES string of the molecule is COCC1(C)C=C(c2nc(-c3cccc(C4OCCO4)c3)no2)C=CC1c1ccccc1. The average molecular weight is 431 g/mol. The fourth-order valence-corrected chi connectivity index (χ4v) is 4.47. The predicted molar refractivity (Wildman–Crippen MR) is 121 cm³/mol. The Hall–Kier alpha value is -3.06. The minimum Gasteiger partial charge on any atom is -0.384 e. The number of benzene rings is 2. The van der Waals surface area contributed by atoms with Crippen LogP contribution < -0.4 is 0 Å². The third-order valence-electron chi connectivity index (χ3n) is 5.99. The Morgan fingerprint density at radius 1 is 1.03 bits per heavy atom. The van der Waals surface area contributed by atoms with Crippen LogP contribution in [0.25, 0.3) is 17.0 Å². The van der Waals surface area contributed by atoms with Crippen LogP contribution in [0, 0.1) is 5.41 Å². The zero-order chi connectivity index (χ0) is 22.0. The van der Waals surface area contributed by atoms with Gasteiger partial charge in [-0.15, -0.1) is 0 Å². The summed E-state index contributed by atoms with van der Waals surface area (Å²) in [5.74, 6) is 1.22. The van der Waals surface area contributed by atoms with Crippen molar-refractivity contribution in [3.63, 3.8) is 0 Å². The van der Waals surface area contributed by atoms with E-state index < -0.39 is 0 Å². The lowest BCUT2D eigenvalue weighted by atomic mass is 9.70. The molecule has 6 nitrogen and oxygen atoms in total. The Kier molecular flexibility index (Phi) is 5.74. The van der Waals surface area contributed by atoms with Gasteiger partial charge in [-0.3, -0.25) is 0 Å². The van der Waals surface area contributed by atoms with Gasteiger partial charge in [0.05, 0.1) is 19.8 Å².